The van der Waals surface area contributed by atoms with Gasteiger partial charge in [0.15, 0.2) is 0 Å². The molecule has 3 nitrogen and oxygen atoms in total. The number of rotatable bonds is 2. The summed E-state index contributed by atoms with van der Waals surface area (Å²) in [6.45, 7) is 3.89. The van der Waals surface area contributed by atoms with Crippen molar-refractivity contribution >= 4 is 22.4 Å². The molecule has 0 aromatic heterocycles. The van der Waals surface area contributed by atoms with E-state index >= 15 is 0 Å². The average Bonchev–Trinajstić information content (AvgIpc) is 2.50. The molecule has 3 aromatic carbocycles. The van der Waals surface area contributed by atoms with Crippen molar-refractivity contribution in [3.05, 3.63) is 71.3 Å². The second kappa shape index (κ2) is 6.84. The third-order valence-corrected chi connectivity index (χ3v) is 3.68. The summed E-state index contributed by atoms with van der Waals surface area (Å²) in [6, 6.07) is 16.2. The fraction of sp³-hybridized carbons (Fsp3) is 0.105. The van der Waals surface area contributed by atoms with Gasteiger partial charge in [-0.05, 0) is 47.7 Å². The van der Waals surface area contributed by atoms with E-state index in [1.807, 2.05) is 44.2 Å². The molecule has 3 aromatic rings. The van der Waals surface area contributed by atoms with Crippen LogP contribution in [0.1, 0.15) is 16.7 Å². The maximum Gasteiger partial charge on any atom is 2.00 e. The van der Waals surface area contributed by atoms with E-state index in [9.17, 15) is 10.2 Å². The molecule has 23 heavy (non-hydrogen) atoms. The van der Waals surface area contributed by atoms with E-state index in [2.05, 4.69) is 4.99 Å². The van der Waals surface area contributed by atoms with E-state index in [-0.39, 0.29) is 27.8 Å². The Hall–Kier alpha value is -2.32. The first-order valence-electron chi connectivity index (χ1n) is 7.08. The van der Waals surface area contributed by atoms with Crippen molar-refractivity contribution in [3.63, 3.8) is 0 Å². The molecule has 0 N–H and O–H groups in total. The van der Waals surface area contributed by atoms with E-state index in [0.29, 0.717) is 11.1 Å². The molecule has 0 saturated carbocycles. The molecule has 0 bridgehead atoms. The zero-order chi connectivity index (χ0) is 15.7. The van der Waals surface area contributed by atoms with Crippen LogP contribution in [-0.2, 0) is 16.5 Å². The van der Waals surface area contributed by atoms with Crippen LogP contribution in [0.5, 0.6) is 5.75 Å². The van der Waals surface area contributed by atoms with E-state index < -0.39 is 5.90 Å². The maximum atomic E-state index is 12.5. The van der Waals surface area contributed by atoms with E-state index in [1.54, 1.807) is 18.2 Å². The van der Waals surface area contributed by atoms with Gasteiger partial charge in [0.05, 0.1) is 5.69 Å². The monoisotopic (exact) mass is 347 g/mol. The van der Waals surface area contributed by atoms with Crippen molar-refractivity contribution in [3.8, 4) is 5.75 Å². The standard InChI is InChI=1S/C19H17NO2.Ni/c1-12-7-9-16(13(2)11-12)20-19(22)18-15-6-4-3-5-14(15)8-10-17(18)21;/h3-11,21H,1-2H3,(H,20,22);/q;+2/p-2. The molecule has 0 amide bonds. The normalized spacial score (nSPS) is 11.3. The Morgan fingerprint density at radius 2 is 1.70 bits per heavy atom. The number of nitrogens with zero attached hydrogens (tertiary/aromatic N) is 1. The molecule has 0 aliphatic carbocycles. The van der Waals surface area contributed by atoms with E-state index in [4.69, 9.17) is 0 Å². The first-order valence-corrected chi connectivity index (χ1v) is 7.08. The Balaban J connectivity index is 0.00000192. The van der Waals surface area contributed by atoms with Crippen molar-refractivity contribution in [2.75, 3.05) is 0 Å². The molecule has 0 atom stereocenters. The second-order valence-electron chi connectivity index (χ2n) is 5.37. The Morgan fingerprint density at radius 3 is 2.43 bits per heavy atom. The van der Waals surface area contributed by atoms with Gasteiger partial charge in [0.2, 0.25) is 0 Å². The first-order chi connectivity index (χ1) is 10.6. The van der Waals surface area contributed by atoms with Crippen molar-refractivity contribution < 1.29 is 26.7 Å². The van der Waals surface area contributed by atoms with Gasteiger partial charge >= 0.3 is 16.5 Å². The molecule has 0 aliphatic rings. The number of hydrogen-bond donors (Lipinski definition) is 0. The summed E-state index contributed by atoms with van der Waals surface area (Å²) in [6.07, 6.45) is 0. The number of hydrogen-bond acceptors (Lipinski definition) is 3. The fourth-order valence-electron chi connectivity index (χ4n) is 2.57. The Kier molecular flexibility index (Phi) is 5.07. The van der Waals surface area contributed by atoms with Gasteiger partial charge in [-0.3, -0.25) is 4.99 Å². The fourth-order valence-corrected chi connectivity index (χ4v) is 2.57. The summed E-state index contributed by atoms with van der Waals surface area (Å²) in [5, 5.41) is 26.2. The number of aryl methyl sites for hydroxylation is 2. The number of benzene rings is 3. The van der Waals surface area contributed by atoms with Gasteiger partial charge < -0.3 is 10.2 Å². The van der Waals surface area contributed by atoms with Crippen LogP contribution in [0.3, 0.4) is 0 Å². The van der Waals surface area contributed by atoms with E-state index in [0.717, 1.165) is 16.5 Å². The quantitative estimate of drug-likeness (QED) is 0.406. The summed E-state index contributed by atoms with van der Waals surface area (Å²) in [4.78, 5) is 4.14. The summed E-state index contributed by atoms with van der Waals surface area (Å²) in [7, 11) is 0. The zero-order valence-corrected chi connectivity index (χ0v) is 13.8. The van der Waals surface area contributed by atoms with Gasteiger partial charge in [-0.25, -0.2) is 0 Å². The van der Waals surface area contributed by atoms with Crippen molar-refractivity contribution in [1.29, 1.82) is 0 Å². The summed E-state index contributed by atoms with van der Waals surface area (Å²) >= 11 is 0. The molecule has 0 spiro atoms. The van der Waals surface area contributed by atoms with Crippen LogP contribution < -0.4 is 10.2 Å². The largest absolute Gasteiger partial charge is 2.00 e. The first kappa shape index (κ1) is 17.0. The van der Waals surface area contributed by atoms with Gasteiger partial charge in [0.1, 0.15) is 0 Å². The molecule has 0 unspecified atom stereocenters. The van der Waals surface area contributed by atoms with Crippen molar-refractivity contribution in [2.24, 2.45) is 4.99 Å². The summed E-state index contributed by atoms with van der Waals surface area (Å²) < 4.78 is 0. The molecule has 0 heterocycles. The van der Waals surface area contributed by atoms with Crippen LogP contribution in [-0.4, -0.2) is 5.90 Å². The molecule has 118 valence electrons. The molecule has 0 radical (unpaired) electrons. The van der Waals surface area contributed by atoms with Gasteiger partial charge in [-0.15, -0.1) is 5.75 Å². The zero-order valence-electron chi connectivity index (χ0n) is 12.8. The Bertz CT molecular complexity index is 888. The van der Waals surface area contributed by atoms with Crippen LogP contribution in [0.15, 0.2) is 59.6 Å². The van der Waals surface area contributed by atoms with E-state index in [1.165, 1.54) is 6.07 Å². The molecule has 3 rings (SSSR count). The maximum absolute atomic E-state index is 12.5. The Labute approximate surface area is 145 Å². The molecule has 4 heteroatoms. The van der Waals surface area contributed by atoms with Crippen LogP contribution >= 0.6 is 0 Å². The predicted molar refractivity (Wildman–Crippen MR) is 85.5 cm³/mol. The average molecular weight is 348 g/mol. The van der Waals surface area contributed by atoms with Gasteiger partial charge in [0.25, 0.3) is 0 Å². The van der Waals surface area contributed by atoms with Crippen LogP contribution in [0, 0.1) is 13.8 Å². The Morgan fingerprint density at radius 1 is 0.957 bits per heavy atom. The summed E-state index contributed by atoms with van der Waals surface area (Å²) in [5.74, 6) is -0.786. The third-order valence-electron chi connectivity index (χ3n) is 3.68. The molecular weight excluding hydrogens is 333 g/mol. The van der Waals surface area contributed by atoms with Gasteiger partial charge in [0, 0.05) is 0 Å². The molecule has 0 saturated heterocycles. The third kappa shape index (κ3) is 3.38. The van der Waals surface area contributed by atoms with Gasteiger partial charge in [-0.2, -0.15) is 0 Å². The molecule has 0 aliphatic heterocycles. The smallest absolute Gasteiger partial charge is 0.872 e. The second-order valence-corrected chi connectivity index (χ2v) is 5.37. The topological polar surface area (TPSA) is 58.5 Å². The molecular formula is C19H15NNiO2. The van der Waals surface area contributed by atoms with Gasteiger partial charge in [-0.1, -0.05) is 54.1 Å². The van der Waals surface area contributed by atoms with Crippen LogP contribution in [0.2, 0.25) is 0 Å². The molecule has 0 fully saturated rings. The minimum absolute atomic E-state index is 0. The van der Waals surface area contributed by atoms with Crippen molar-refractivity contribution in [1.82, 2.24) is 0 Å². The summed E-state index contributed by atoms with van der Waals surface area (Å²) in [5.41, 5.74) is 2.76. The van der Waals surface area contributed by atoms with Crippen LogP contribution in [0.25, 0.3) is 10.8 Å². The van der Waals surface area contributed by atoms with Crippen molar-refractivity contribution in [2.45, 2.75) is 13.8 Å². The minimum atomic E-state index is -0.492. The number of aliphatic imine (C=N–C) groups is 1. The number of fused-ring (bicyclic) bond motifs is 1. The predicted octanol–water partition coefficient (Wildman–Crippen LogP) is 2.97. The SMILES string of the molecule is Cc1ccc(N=C([O-])c2c([O-])ccc3ccccc23)c(C)c1.[Ni+2]. The minimum Gasteiger partial charge on any atom is -0.872 e. The van der Waals surface area contributed by atoms with Crippen LogP contribution in [0.4, 0.5) is 5.69 Å².